The van der Waals surface area contributed by atoms with E-state index in [4.69, 9.17) is 5.73 Å². The summed E-state index contributed by atoms with van der Waals surface area (Å²) in [4.78, 5) is -0.344. The predicted octanol–water partition coefficient (Wildman–Crippen LogP) is 2.11. The molecule has 0 atom stereocenters. The van der Waals surface area contributed by atoms with E-state index in [2.05, 4.69) is 0 Å². The quantitative estimate of drug-likeness (QED) is 0.920. The Morgan fingerprint density at radius 3 is 2.38 bits per heavy atom. The van der Waals surface area contributed by atoms with E-state index >= 15 is 0 Å². The first-order chi connectivity index (χ1) is 9.95. The average Bonchev–Trinajstić information content (AvgIpc) is 2.48. The van der Waals surface area contributed by atoms with Crippen LogP contribution in [-0.2, 0) is 23.1 Å². The van der Waals surface area contributed by atoms with Gasteiger partial charge in [0.2, 0.25) is 10.0 Å². The molecule has 2 N–H and O–H groups in total. The smallest absolute Gasteiger partial charge is 0.246 e. The van der Waals surface area contributed by atoms with Crippen LogP contribution in [0.1, 0.15) is 11.1 Å². The minimum atomic E-state index is -3.90. The first-order valence-corrected chi connectivity index (χ1v) is 7.88. The summed E-state index contributed by atoms with van der Waals surface area (Å²) in [5, 5.41) is 0. The van der Waals surface area contributed by atoms with Gasteiger partial charge in [-0.1, -0.05) is 36.4 Å². The highest BCUT2D eigenvalue weighted by molar-refractivity contribution is 7.89. The fraction of sp³-hybridized carbons (Fsp3) is 0.200. The maximum atomic E-state index is 13.9. The lowest BCUT2D eigenvalue weighted by atomic mass is 10.2. The van der Waals surface area contributed by atoms with Crippen molar-refractivity contribution in [3.05, 3.63) is 65.5 Å². The van der Waals surface area contributed by atoms with Gasteiger partial charge in [0.1, 0.15) is 10.7 Å². The molecular weight excluding hydrogens is 291 g/mol. The number of hydrogen-bond donors (Lipinski definition) is 1. The van der Waals surface area contributed by atoms with Gasteiger partial charge in [-0.25, -0.2) is 12.8 Å². The van der Waals surface area contributed by atoms with Crippen molar-refractivity contribution in [3.63, 3.8) is 0 Å². The normalized spacial score (nSPS) is 11.8. The van der Waals surface area contributed by atoms with Crippen molar-refractivity contribution in [2.45, 2.75) is 18.0 Å². The fourth-order valence-corrected chi connectivity index (χ4v) is 3.24. The molecule has 6 heteroatoms. The van der Waals surface area contributed by atoms with Crippen LogP contribution in [0, 0.1) is 5.82 Å². The third-order valence-electron chi connectivity index (χ3n) is 3.17. The lowest BCUT2D eigenvalue weighted by Gasteiger charge is -2.18. The molecule has 0 aromatic heterocycles. The van der Waals surface area contributed by atoms with E-state index in [1.165, 1.54) is 19.2 Å². The van der Waals surface area contributed by atoms with Crippen LogP contribution in [0.25, 0.3) is 0 Å². The van der Waals surface area contributed by atoms with Crippen molar-refractivity contribution in [2.24, 2.45) is 5.73 Å². The molecule has 0 spiro atoms. The fourth-order valence-electron chi connectivity index (χ4n) is 1.97. The molecule has 0 radical (unpaired) electrons. The zero-order valence-corrected chi connectivity index (χ0v) is 12.5. The van der Waals surface area contributed by atoms with Crippen LogP contribution >= 0.6 is 0 Å². The van der Waals surface area contributed by atoms with E-state index in [1.54, 1.807) is 0 Å². The summed E-state index contributed by atoms with van der Waals surface area (Å²) < 4.78 is 39.9. The highest BCUT2D eigenvalue weighted by atomic mass is 32.2. The van der Waals surface area contributed by atoms with Crippen LogP contribution in [0.15, 0.2) is 53.4 Å². The van der Waals surface area contributed by atoms with Gasteiger partial charge in [-0.2, -0.15) is 4.31 Å². The molecule has 0 aliphatic rings. The van der Waals surface area contributed by atoms with Crippen molar-refractivity contribution >= 4 is 10.0 Å². The van der Waals surface area contributed by atoms with Crippen LogP contribution in [0.4, 0.5) is 4.39 Å². The molecule has 0 bridgehead atoms. The SMILES string of the molecule is CN(Cc1ccccc1)S(=O)(=O)c1cc(CN)ccc1F. The van der Waals surface area contributed by atoms with E-state index in [1.807, 2.05) is 30.3 Å². The third-order valence-corrected chi connectivity index (χ3v) is 4.99. The van der Waals surface area contributed by atoms with Crippen LogP contribution in [0.3, 0.4) is 0 Å². The molecule has 0 saturated carbocycles. The maximum absolute atomic E-state index is 13.9. The Morgan fingerprint density at radius 1 is 1.10 bits per heavy atom. The summed E-state index contributed by atoms with van der Waals surface area (Å²) in [6.07, 6.45) is 0. The van der Waals surface area contributed by atoms with Gasteiger partial charge in [-0.05, 0) is 23.3 Å². The van der Waals surface area contributed by atoms with Crippen molar-refractivity contribution in [3.8, 4) is 0 Å². The second kappa shape index (κ2) is 6.34. The number of nitrogens with zero attached hydrogens (tertiary/aromatic N) is 1. The van der Waals surface area contributed by atoms with Gasteiger partial charge < -0.3 is 5.73 Å². The Labute approximate surface area is 124 Å². The summed E-state index contributed by atoms with van der Waals surface area (Å²) in [5.74, 6) is -0.771. The Kier molecular flexibility index (Phi) is 4.72. The Hall–Kier alpha value is -1.76. The molecule has 0 unspecified atom stereocenters. The molecule has 21 heavy (non-hydrogen) atoms. The van der Waals surface area contributed by atoms with Gasteiger partial charge in [0.05, 0.1) is 0 Å². The standard InChI is InChI=1S/C15H17FN2O2S/c1-18(11-12-5-3-2-4-6-12)21(19,20)15-9-13(10-17)7-8-14(15)16/h2-9H,10-11,17H2,1H3. The minimum Gasteiger partial charge on any atom is -0.326 e. The van der Waals surface area contributed by atoms with Crippen molar-refractivity contribution in [1.29, 1.82) is 0 Å². The Balaban J connectivity index is 2.33. The Morgan fingerprint density at radius 2 is 1.76 bits per heavy atom. The lowest BCUT2D eigenvalue weighted by Crippen LogP contribution is -2.27. The molecule has 2 aromatic carbocycles. The molecule has 2 aromatic rings. The zero-order valence-electron chi connectivity index (χ0n) is 11.7. The molecular formula is C15H17FN2O2S. The van der Waals surface area contributed by atoms with E-state index in [-0.39, 0.29) is 18.0 Å². The van der Waals surface area contributed by atoms with Gasteiger partial charge >= 0.3 is 0 Å². The number of nitrogens with two attached hydrogens (primary N) is 1. The molecule has 4 nitrogen and oxygen atoms in total. The van der Waals surface area contributed by atoms with Crippen molar-refractivity contribution in [2.75, 3.05) is 7.05 Å². The van der Waals surface area contributed by atoms with Crippen molar-refractivity contribution < 1.29 is 12.8 Å². The maximum Gasteiger partial charge on any atom is 0.246 e. The lowest BCUT2D eigenvalue weighted by molar-refractivity contribution is 0.459. The van der Waals surface area contributed by atoms with Gasteiger partial charge in [0.15, 0.2) is 0 Å². The summed E-state index contributed by atoms with van der Waals surface area (Å²) >= 11 is 0. The molecule has 0 saturated heterocycles. The molecule has 0 aliphatic carbocycles. The number of sulfonamides is 1. The van der Waals surface area contributed by atoms with Crippen molar-refractivity contribution in [1.82, 2.24) is 4.31 Å². The molecule has 112 valence electrons. The third kappa shape index (κ3) is 3.47. The van der Waals surface area contributed by atoms with E-state index in [0.717, 1.165) is 15.9 Å². The monoisotopic (exact) mass is 308 g/mol. The van der Waals surface area contributed by atoms with Crippen LogP contribution in [0.2, 0.25) is 0 Å². The van der Waals surface area contributed by atoms with E-state index in [9.17, 15) is 12.8 Å². The van der Waals surface area contributed by atoms with Crippen LogP contribution in [0.5, 0.6) is 0 Å². The van der Waals surface area contributed by atoms with Gasteiger partial charge in [0.25, 0.3) is 0 Å². The summed E-state index contributed by atoms with van der Waals surface area (Å²) in [5.41, 5.74) is 6.89. The first kappa shape index (κ1) is 15.6. The van der Waals surface area contributed by atoms with Gasteiger partial charge in [0, 0.05) is 20.1 Å². The van der Waals surface area contributed by atoms with Crippen LogP contribution in [-0.4, -0.2) is 19.8 Å². The Bertz CT molecular complexity index is 718. The van der Waals surface area contributed by atoms with E-state index < -0.39 is 15.8 Å². The average molecular weight is 308 g/mol. The zero-order chi connectivity index (χ0) is 15.5. The second-order valence-corrected chi connectivity index (χ2v) is 6.73. The first-order valence-electron chi connectivity index (χ1n) is 6.44. The number of hydrogen-bond acceptors (Lipinski definition) is 3. The number of halogens is 1. The predicted molar refractivity (Wildman–Crippen MR) is 79.4 cm³/mol. The summed E-state index contributed by atoms with van der Waals surface area (Å²) in [6.45, 7) is 0.334. The number of rotatable bonds is 5. The second-order valence-electron chi connectivity index (χ2n) is 4.72. The van der Waals surface area contributed by atoms with E-state index in [0.29, 0.717) is 5.56 Å². The minimum absolute atomic E-state index is 0.158. The number of benzene rings is 2. The highest BCUT2D eigenvalue weighted by Crippen LogP contribution is 2.21. The molecule has 0 amide bonds. The topological polar surface area (TPSA) is 63.4 Å². The summed E-state index contributed by atoms with van der Waals surface area (Å²) in [6, 6.07) is 13.0. The van der Waals surface area contributed by atoms with Gasteiger partial charge in [-0.15, -0.1) is 0 Å². The van der Waals surface area contributed by atoms with Gasteiger partial charge in [-0.3, -0.25) is 0 Å². The molecule has 2 rings (SSSR count). The molecule has 0 heterocycles. The largest absolute Gasteiger partial charge is 0.326 e. The molecule has 0 aliphatic heterocycles. The summed E-state index contributed by atoms with van der Waals surface area (Å²) in [7, 11) is -2.47. The van der Waals surface area contributed by atoms with Crippen LogP contribution < -0.4 is 5.73 Å². The molecule has 0 fully saturated rings. The highest BCUT2D eigenvalue weighted by Gasteiger charge is 2.24.